The number of hydrogen-bond acceptors (Lipinski definition) is 2. The molecule has 0 saturated heterocycles. The van der Waals surface area contributed by atoms with Gasteiger partial charge in [-0.05, 0) is 29.3 Å². The maximum Gasteiger partial charge on any atom is 0.352 e. The lowest BCUT2D eigenvalue weighted by Crippen LogP contribution is -2.17. The van der Waals surface area contributed by atoms with Crippen LogP contribution in [0.5, 0.6) is 0 Å². The number of hydrogen-bond donors (Lipinski definition) is 2. The molecule has 29 heavy (non-hydrogen) atoms. The number of nitrogens with zero attached hydrogens (tertiary/aromatic N) is 1. The Hall–Kier alpha value is -3.08. The smallest absolute Gasteiger partial charge is 0.352 e. The maximum atomic E-state index is 12.2. The minimum atomic E-state index is -0.916. The molecule has 4 aromatic rings. The highest BCUT2D eigenvalue weighted by Gasteiger charge is 2.22. The third kappa shape index (κ3) is 4.19. The lowest BCUT2D eigenvalue weighted by molar-refractivity contribution is 0.0685. The highest BCUT2D eigenvalue weighted by atomic mass is 35.5. The first kappa shape index (κ1) is 19.2. The van der Waals surface area contributed by atoms with E-state index in [2.05, 4.69) is 5.32 Å². The molecule has 0 radical (unpaired) electrons. The molecule has 0 atom stereocenters. The van der Waals surface area contributed by atoms with Gasteiger partial charge in [0.15, 0.2) is 0 Å². The Kier molecular flexibility index (Phi) is 5.65. The van der Waals surface area contributed by atoms with Crippen molar-refractivity contribution < 1.29 is 9.90 Å². The van der Waals surface area contributed by atoms with E-state index in [1.54, 1.807) is 0 Å². The standard InChI is InChI=1S/C24H21ClN2O2/c25-19-12-10-17(11-13-19)14-26-15-21-20-8-4-5-9-22(20)27(23(21)24(28)29)16-18-6-2-1-3-7-18/h1-13,26H,14-16H2,(H,28,29). The molecule has 0 aliphatic rings. The fourth-order valence-corrected chi connectivity index (χ4v) is 3.79. The third-order valence-corrected chi connectivity index (χ3v) is 5.26. The van der Waals surface area contributed by atoms with Crippen molar-refractivity contribution in [1.82, 2.24) is 9.88 Å². The fraction of sp³-hybridized carbons (Fsp3) is 0.125. The maximum absolute atomic E-state index is 12.2. The molecule has 5 heteroatoms. The molecule has 0 unspecified atom stereocenters. The summed E-state index contributed by atoms with van der Waals surface area (Å²) in [5.41, 5.74) is 4.23. The minimum Gasteiger partial charge on any atom is -0.477 e. The Balaban J connectivity index is 1.68. The van der Waals surface area contributed by atoms with E-state index in [-0.39, 0.29) is 0 Å². The van der Waals surface area contributed by atoms with Crippen LogP contribution in [0.1, 0.15) is 27.2 Å². The molecule has 0 aliphatic heterocycles. The number of benzene rings is 3. The number of carboxylic acids is 1. The third-order valence-electron chi connectivity index (χ3n) is 5.01. The van der Waals surface area contributed by atoms with Gasteiger partial charge in [-0.15, -0.1) is 0 Å². The van der Waals surface area contributed by atoms with Gasteiger partial charge in [-0.25, -0.2) is 4.79 Å². The van der Waals surface area contributed by atoms with E-state index in [1.807, 2.05) is 83.4 Å². The summed E-state index contributed by atoms with van der Waals surface area (Å²) in [7, 11) is 0. The number of rotatable bonds is 7. The van der Waals surface area contributed by atoms with Crippen molar-refractivity contribution in [2.24, 2.45) is 0 Å². The molecule has 1 aromatic heterocycles. The van der Waals surface area contributed by atoms with Crippen LogP contribution in [0.2, 0.25) is 5.02 Å². The largest absolute Gasteiger partial charge is 0.477 e. The molecule has 4 rings (SSSR count). The summed E-state index contributed by atoms with van der Waals surface area (Å²) in [6, 6.07) is 25.4. The zero-order valence-electron chi connectivity index (χ0n) is 15.8. The summed E-state index contributed by atoms with van der Waals surface area (Å²) in [5.74, 6) is -0.916. The molecule has 0 amide bonds. The summed E-state index contributed by atoms with van der Waals surface area (Å²) < 4.78 is 1.90. The Labute approximate surface area is 174 Å². The molecule has 3 aromatic carbocycles. The van der Waals surface area contributed by atoms with Crippen LogP contribution in [0.15, 0.2) is 78.9 Å². The molecule has 2 N–H and O–H groups in total. The second kappa shape index (κ2) is 8.52. The lowest BCUT2D eigenvalue weighted by atomic mass is 10.1. The molecule has 4 nitrogen and oxygen atoms in total. The van der Waals surface area contributed by atoms with E-state index in [4.69, 9.17) is 11.6 Å². The van der Waals surface area contributed by atoms with E-state index < -0.39 is 5.97 Å². The average molecular weight is 405 g/mol. The molecular formula is C24H21ClN2O2. The van der Waals surface area contributed by atoms with Gasteiger partial charge >= 0.3 is 5.97 Å². The van der Waals surface area contributed by atoms with Crippen LogP contribution in [0, 0.1) is 0 Å². The zero-order chi connectivity index (χ0) is 20.2. The number of halogens is 1. The van der Waals surface area contributed by atoms with Crippen molar-refractivity contribution in [1.29, 1.82) is 0 Å². The van der Waals surface area contributed by atoms with E-state index in [9.17, 15) is 9.90 Å². The molecule has 0 bridgehead atoms. The number of para-hydroxylation sites is 1. The Morgan fingerprint density at radius 2 is 1.55 bits per heavy atom. The van der Waals surface area contributed by atoms with Gasteiger partial charge in [0.25, 0.3) is 0 Å². The van der Waals surface area contributed by atoms with E-state index in [0.717, 1.165) is 27.6 Å². The fourth-order valence-electron chi connectivity index (χ4n) is 3.66. The normalized spacial score (nSPS) is 11.1. The summed E-state index contributed by atoms with van der Waals surface area (Å²) in [5, 5.41) is 15.1. The summed E-state index contributed by atoms with van der Waals surface area (Å²) >= 11 is 5.94. The van der Waals surface area contributed by atoms with Crippen molar-refractivity contribution >= 4 is 28.5 Å². The van der Waals surface area contributed by atoms with E-state index >= 15 is 0 Å². The zero-order valence-corrected chi connectivity index (χ0v) is 16.6. The van der Waals surface area contributed by atoms with Gasteiger partial charge in [0.2, 0.25) is 0 Å². The van der Waals surface area contributed by atoms with Crippen LogP contribution in [-0.2, 0) is 19.6 Å². The van der Waals surface area contributed by atoms with Crippen LogP contribution in [0.25, 0.3) is 10.9 Å². The van der Waals surface area contributed by atoms with Gasteiger partial charge in [-0.1, -0.05) is 72.3 Å². The Morgan fingerprint density at radius 1 is 0.862 bits per heavy atom. The van der Waals surface area contributed by atoms with Crippen molar-refractivity contribution in [2.45, 2.75) is 19.6 Å². The topological polar surface area (TPSA) is 54.3 Å². The number of carbonyl (C=O) groups is 1. The van der Waals surface area contributed by atoms with Crippen molar-refractivity contribution in [3.05, 3.63) is 106 Å². The van der Waals surface area contributed by atoms with Gasteiger partial charge in [0.05, 0.1) is 0 Å². The summed E-state index contributed by atoms with van der Waals surface area (Å²) in [4.78, 5) is 12.2. The first-order valence-corrected chi connectivity index (χ1v) is 9.84. The average Bonchev–Trinajstić information content (AvgIpc) is 3.04. The number of aromatic nitrogens is 1. The Bertz CT molecular complexity index is 1130. The van der Waals surface area contributed by atoms with E-state index in [1.165, 1.54) is 0 Å². The van der Waals surface area contributed by atoms with Crippen LogP contribution < -0.4 is 5.32 Å². The molecule has 0 fully saturated rings. The minimum absolute atomic E-state index is 0.332. The van der Waals surface area contributed by atoms with Crippen molar-refractivity contribution in [3.8, 4) is 0 Å². The Morgan fingerprint density at radius 3 is 2.28 bits per heavy atom. The molecule has 146 valence electrons. The highest BCUT2D eigenvalue weighted by Crippen LogP contribution is 2.27. The van der Waals surface area contributed by atoms with Gasteiger partial charge in [0, 0.05) is 41.1 Å². The second-order valence-corrected chi connectivity index (χ2v) is 7.39. The lowest BCUT2D eigenvalue weighted by Gasteiger charge is -2.10. The SMILES string of the molecule is O=C(O)c1c(CNCc2ccc(Cl)cc2)c2ccccc2n1Cc1ccccc1. The van der Waals surface area contributed by atoms with Crippen molar-refractivity contribution in [2.75, 3.05) is 0 Å². The van der Waals surface area contributed by atoms with Crippen LogP contribution in [0.4, 0.5) is 0 Å². The molecular weight excluding hydrogens is 384 g/mol. The van der Waals surface area contributed by atoms with Crippen molar-refractivity contribution in [3.63, 3.8) is 0 Å². The molecule has 1 heterocycles. The highest BCUT2D eigenvalue weighted by molar-refractivity contribution is 6.30. The van der Waals surface area contributed by atoms with Gasteiger partial charge < -0.3 is 15.0 Å². The van der Waals surface area contributed by atoms with Gasteiger partial charge in [0.1, 0.15) is 5.69 Å². The second-order valence-electron chi connectivity index (χ2n) is 6.95. The first-order chi connectivity index (χ1) is 14.1. The number of aromatic carboxylic acids is 1. The molecule has 0 spiro atoms. The monoisotopic (exact) mass is 404 g/mol. The number of carboxylic acid groups (broad SMARTS) is 1. The molecule has 0 aliphatic carbocycles. The van der Waals surface area contributed by atoms with Crippen LogP contribution in [0.3, 0.4) is 0 Å². The van der Waals surface area contributed by atoms with Crippen LogP contribution >= 0.6 is 11.6 Å². The summed E-state index contributed by atoms with van der Waals surface area (Å²) in [6.45, 7) is 1.61. The predicted molar refractivity (Wildman–Crippen MR) is 116 cm³/mol. The van der Waals surface area contributed by atoms with Gasteiger partial charge in [-0.3, -0.25) is 0 Å². The number of nitrogens with one attached hydrogen (secondary N) is 1. The first-order valence-electron chi connectivity index (χ1n) is 9.46. The quantitative estimate of drug-likeness (QED) is 0.437. The predicted octanol–water partition coefficient (Wildman–Crippen LogP) is 5.33. The molecule has 0 saturated carbocycles. The summed E-state index contributed by atoms with van der Waals surface area (Å²) in [6.07, 6.45) is 0. The van der Waals surface area contributed by atoms with Crippen LogP contribution in [-0.4, -0.2) is 15.6 Å². The van der Waals surface area contributed by atoms with Gasteiger partial charge in [-0.2, -0.15) is 0 Å². The van der Waals surface area contributed by atoms with E-state index in [0.29, 0.717) is 30.4 Å². The number of fused-ring (bicyclic) bond motifs is 1.